The third kappa shape index (κ3) is 7.25. The lowest BCUT2D eigenvalue weighted by Gasteiger charge is -2.39. The van der Waals surface area contributed by atoms with Crippen molar-refractivity contribution in [2.45, 2.75) is 57.8 Å². The Morgan fingerprint density at radius 1 is 0.841 bits per heavy atom. The summed E-state index contributed by atoms with van der Waals surface area (Å²) in [6.07, 6.45) is 6.93. The first-order chi connectivity index (χ1) is 21.4. The van der Waals surface area contributed by atoms with E-state index in [2.05, 4.69) is 75.6 Å². The fraction of sp³-hybridized carbons (Fsp3) is 0.514. The van der Waals surface area contributed by atoms with Crippen LogP contribution in [0, 0.1) is 17.7 Å². The Labute approximate surface area is 267 Å². The highest BCUT2D eigenvalue weighted by Crippen LogP contribution is 2.39. The zero-order valence-corrected chi connectivity index (χ0v) is 27.0. The highest BCUT2D eigenvalue weighted by molar-refractivity contribution is 7.80. The Kier molecular flexibility index (Phi) is 9.50. The Morgan fingerprint density at radius 2 is 1.45 bits per heavy atom. The van der Waals surface area contributed by atoms with E-state index < -0.39 is 0 Å². The van der Waals surface area contributed by atoms with Crippen LogP contribution in [0.4, 0.5) is 27.7 Å². The summed E-state index contributed by atoms with van der Waals surface area (Å²) >= 11 is 5.84. The summed E-state index contributed by atoms with van der Waals surface area (Å²) in [4.78, 5) is 17.2. The molecule has 234 valence electrons. The van der Waals surface area contributed by atoms with Gasteiger partial charge in [-0.2, -0.15) is 9.97 Å². The number of thiocarbonyl (C=S) groups is 1. The monoisotopic (exact) mass is 615 g/mol. The maximum atomic E-state index is 13.7. The summed E-state index contributed by atoms with van der Waals surface area (Å²) in [6.45, 7) is 11.0. The van der Waals surface area contributed by atoms with Crippen LogP contribution in [0.2, 0.25) is 0 Å². The van der Waals surface area contributed by atoms with Gasteiger partial charge in [-0.05, 0) is 73.1 Å². The summed E-state index contributed by atoms with van der Waals surface area (Å²) in [6, 6.07) is 19.8. The highest BCUT2D eigenvalue weighted by Gasteiger charge is 2.34. The fourth-order valence-corrected chi connectivity index (χ4v) is 7.64. The predicted molar refractivity (Wildman–Crippen MR) is 183 cm³/mol. The van der Waals surface area contributed by atoms with Gasteiger partial charge in [0.2, 0.25) is 5.95 Å². The average Bonchev–Trinajstić information content (AvgIpc) is 3.04. The fourth-order valence-electron chi connectivity index (χ4n) is 7.48. The summed E-state index contributed by atoms with van der Waals surface area (Å²) in [5.74, 6) is 3.46. The van der Waals surface area contributed by atoms with E-state index in [1.807, 2.05) is 12.1 Å². The molecule has 0 amide bonds. The second-order valence-electron chi connectivity index (χ2n) is 13.2. The number of benzene rings is 2. The molecule has 6 rings (SSSR count). The number of piperazine rings is 1. The Hall–Kier alpha value is -3.46. The molecule has 1 aromatic heterocycles. The molecular weight excluding hydrogens is 569 g/mol. The van der Waals surface area contributed by atoms with Gasteiger partial charge in [0.05, 0.1) is 0 Å². The number of nitrogens with zero attached hydrogens (tertiary/aromatic N) is 5. The van der Waals surface area contributed by atoms with Gasteiger partial charge in [0.25, 0.3) is 0 Å². The normalized spacial score (nSPS) is 22.0. The van der Waals surface area contributed by atoms with E-state index in [-0.39, 0.29) is 11.2 Å². The van der Waals surface area contributed by atoms with Crippen molar-refractivity contribution in [2.24, 2.45) is 11.8 Å². The van der Waals surface area contributed by atoms with E-state index >= 15 is 0 Å². The molecule has 9 heteroatoms. The van der Waals surface area contributed by atoms with E-state index in [1.54, 1.807) is 12.1 Å². The van der Waals surface area contributed by atoms with Crippen LogP contribution in [-0.4, -0.2) is 60.9 Å². The molecule has 2 aromatic carbocycles. The summed E-state index contributed by atoms with van der Waals surface area (Å²) in [7, 11) is 0. The molecule has 1 aliphatic carbocycles. The third-order valence-corrected chi connectivity index (χ3v) is 9.94. The second-order valence-corrected chi connectivity index (χ2v) is 13.6. The third-order valence-electron chi connectivity index (χ3n) is 9.70. The smallest absolute Gasteiger partial charge is 0.232 e. The minimum Gasteiger partial charge on any atom is -0.368 e. The van der Waals surface area contributed by atoms with Crippen molar-refractivity contribution in [2.75, 3.05) is 65.8 Å². The van der Waals surface area contributed by atoms with Gasteiger partial charge in [-0.25, -0.2) is 4.39 Å². The molecule has 2 saturated heterocycles. The van der Waals surface area contributed by atoms with E-state index in [0.717, 1.165) is 76.6 Å². The SMILES string of the molecule is CC1CC(C)CN(c2cc(N3CCN(c4ccccc4)CC3)nc(NC(=S)NCC3(c4ccc(F)cc4)CCCCC3)n2)C1. The molecule has 3 fully saturated rings. The predicted octanol–water partition coefficient (Wildman–Crippen LogP) is 6.61. The van der Waals surface area contributed by atoms with Gasteiger partial charge in [0.15, 0.2) is 5.11 Å². The number of anilines is 4. The Balaban J connectivity index is 1.19. The maximum Gasteiger partial charge on any atom is 0.232 e. The lowest BCUT2D eigenvalue weighted by atomic mass is 9.69. The topological polar surface area (TPSA) is 59.6 Å². The summed E-state index contributed by atoms with van der Waals surface area (Å²) < 4.78 is 13.7. The minimum atomic E-state index is -0.198. The molecule has 0 bridgehead atoms. The molecule has 2 unspecified atom stereocenters. The molecule has 3 aromatic rings. The van der Waals surface area contributed by atoms with E-state index in [0.29, 0.717) is 29.4 Å². The largest absolute Gasteiger partial charge is 0.368 e. The van der Waals surface area contributed by atoms with Crippen LogP contribution in [0.15, 0.2) is 60.7 Å². The first-order valence-corrected chi connectivity index (χ1v) is 16.8. The maximum absolute atomic E-state index is 13.7. The van der Waals surface area contributed by atoms with Crippen LogP contribution < -0.4 is 25.3 Å². The Morgan fingerprint density at radius 3 is 2.11 bits per heavy atom. The molecule has 2 N–H and O–H groups in total. The molecule has 7 nitrogen and oxygen atoms in total. The van der Waals surface area contributed by atoms with Crippen LogP contribution in [0.1, 0.15) is 57.9 Å². The molecule has 3 aliphatic rings. The van der Waals surface area contributed by atoms with Crippen molar-refractivity contribution in [1.29, 1.82) is 0 Å². The number of aromatic nitrogens is 2. The lowest BCUT2D eigenvalue weighted by Crippen LogP contribution is -2.47. The minimum absolute atomic E-state index is 0.0654. The van der Waals surface area contributed by atoms with E-state index in [4.69, 9.17) is 22.2 Å². The van der Waals surface area contributed by atoms with Gasteiger partial charge in [0.1, 0.15) is 17.5 Å². The number of rotatable bonds is 7. The first-order valence-electron chi connectivity index (χ1n) is 16.4. The molecule has 3 heterocycles. The average molecular weight is 616 g/mol. The Bertz CT molecular complexity index is 1380. The van der Waals surface area contributed by atoms with Crippen molar-refractivity contribution in [3.63, 3.8) is 0 Å². The number of hydrogen-bond acceptors (Lipinski definition) is 6. The van der Waals surface area contributed by atoms with E-state index in [9.17, 15) is 4.39 Å². The molecule has 0 radical (unpaired) electrons. The van der Waals surface area contributed by atoms with Gasteiger partial charge in [-0.15, -0.1) is 0 Å². The molecule has 44 heavy (non-hydrogen) atoms. The zero-order chi connectivity index (χ0) is 30.5. The second kappa shape index (κ2) is 13.7. The van der Waals surface area contributed by atoms with Gasteiger partial charge in [-0.1, -0.05) is 63.4 Å². The van der Waals surface area contributed by atoms with Crippen LogP contribution in [0.25, 0.3) is 0 Å². The van der Waals surface area contributed by atoms with Crippen molar-refractivity contribution in [1.82, 2.24) is 15.3 Å². The van der Waals surface area contributed by atoms with Gasteiger partial charge < -0.3 is 25.3 Å². The van der Waals surface area contributed by atoms with E-state index in [1.165, 1.54) is 24.1 Å². The molecule has 0 spiro atoms. The van der Waals surface area contributed by atoms with Crippen molar-refractivity contribution >= 4 is 40.6 Å². The van der Waals surface area contributed by atoms with Crippen molar-refractivity contribution < 1.29 is 4.39 Å². The zero-order valence-electron chi connectivity index (χ0n) is 26.1. The van der Waals surface area contributed by atoms with Crippen molar-refractivity contribution in [3.8, 4) is 0 Å². The van der Waals surface area contributed by atoms with Crippen LogP contribution in [0.3, 0.4) is 0 Å². The van der Waals surface area contributed by atoms with Crippen LogP contribution in [0.5, 0.6) is 0 Å². The summed E-state index contributed by atoms with van der Waals surface area (Å²) in [5.41, 5.74) is 2.38. The first kappa shape index (κ1) is 30.6. The number of hydrogen-bond donors (Lipinski definition) is 2. The van der Waals surface area contributed by atoms with Gasteiger partial charge in [0, 0.05) is 63.0 Å². The number of piperidine rings is 1. The molecule has 2 atom stereocenters. The lowest BCUT2D eigenvalue weighted by molar-refractivity contribution is 0.292. The number of para-hydroxylation sites is 1. The van der Waals surface area contributed by atoms with Gasteiger partial charge in [-0.3, -0.25) is 0 Å². The van der Waals surface area contributed by atoms with Gasteiger partial charge >= 0.3 is 0 Å². The summed E-state index contributed by atoms with van der Waals surface area (Å²) in [5, 5.41) is 7.38. The quantitative estimate of drug-likeness (QED) is 0.288. The molecular formula is C35H46FN7S. The molecule has 2 aliphatic heterocycles. The molecule has 1 saturated carbocycles. The van der Waals surface area contributed by atoms with Crippen LogP contribution >= 0.6 is 12.2 Å². The number of halogens is 1. The van der Waals surface area contributed by atoms with Crippen molar-refractivity contribution in [3.05, 3.63) is 72.0 Å². The van der Waals surface area contributed by atoms with Crippen LogP contribution in [-0.2, 0) is 5.41 Å². The highest BCUT2D eigenvalue weighted by atomic mass is 32.1. The number of nitrogens with one attached hydrogen (secondary N) is 2. The standard InChI is InChI=1S/C35H46FN7S/c1-26-21-27(2)24-43(23-26)32-22-31(42-19-17-41(18-20-42)30-9-5-3-6-10-30)38-33(39-32)40-34(44)37-25-35(15-7-4-8-16-35)28-11-13-29(36)14-12-28/h3,5-6,9-14,22,26-27H,4,7-8,15-21,23-25H2,1-2H3,(H2,37,38,39,40,44).